The molecule has 1 heteroatoms. The van der Waals surface area contributed by atoms with Crippen molar-refractivity contribution in [2.45, 2.75) is 32.7 Å². The van der Waals surface area contributed by atoms with Gasteiger partial charge < -0.3 is 5.73 Å². The lowest BCUT2D eigenvalue weighted by Gasteiger charge is -2.30. The molecule has 0 aliphatic heterocycles. The van der Waals surface area contributed by atoms with E-state index in [1.165, 1.54) is 0 Å². The summed E-state index contributed by atoms with van der Waals surface area (Å²) in [6.45, 7) is 18.2. The zero-order valence-corrected chi connectivity index (χ0v) is 11.2. The van der Waals surface area contributed by atoms with E-state index in [2.05, 4.69) is 32.7 Å². The summed E-state index contributed by atoms with van der Waals surface area (Å²) < 4.78 is 0. The van der Waals surface area contributed by atoms with Gasteiger partial charge in [-0.25, -0.2) is 0 Å². The molecule has 0 amide bonds. The van der Waals surface area contributed by atoms with E-state index < -0.39 is 5.54 Å². The van der Waals surface area contributed by atoms with Crippen LogP contribution in [0.1, 0.15) is 27.2 Å². The normalized spacial score (nSPS) is 29.2. The molecule has 0 aromatic heterocycles. The number of hydrogen-bond donors (Lipinski definition) is 1. The number of hydrogen-bond acceptors (Lipinski definition) is 1. The Morgan fingerprint density at radius 1 is 1.53 bits per heavy atom. The molecule has 0 bridgehead atoms. The quantitative estimate of drug-likeness (QED) is 0.727. The maximum absolute atomic E-state index is 6.47. The van der Waals surface area contributed by atoms with Crippen LogP contribution >= 0.6 is 0 Å². The average Bonchev–Trinajstić information content (AvgIpc) is 2.39. The Morgan fingerprint density at radius 2 is 2.12 bits per heavy atom. The summed E-state index contributed by atoms with van der Waals surface area (Å²) in [4.78, 5) is 0. The molecule has 0 aromatic rings. The largest absolute Gasteiger partial charge is 0.321 e. The first-order chi connectivity index (χ1) is 7.86. The standard InChI is InChI=1S/C16H23N/c1-7-9-13-12(5)15(10-11(3)4)16(6,17)14(13)8-2/h7-9,15H,2-3,5,10,17H2,1,4,6H3/b9-7-. The molecular weight excluding hydrogens is 206 g/mol. The molecule has 0 aromatic carbocycles. The molecule has 0 spiro atoms. The van der Waals surface area contributed by atoms with Gasteiger partial charge in [-0.3, -0.25) is 0 Å². The van der Waals surface area contributed by atoms with Crippen LogP contribution in [0.25, 0.3) is 0 Å². The van der Waals surface area contributed by atoms with Crippen LogP contribution in [-0.2, 0) is 0 Å². The summed E-state index contributed by atoms with van der Waals surface area (Å²) >= 11 is 0. The Labute approximate surface area is 105 Å². The molecule has 92 valence electrons. The van der Waals surface area contributed by atoms with E-state index in [0.717, 1.165) is 28.7 Å². The highest BCUT2D eigenvalue weighted by Gasteiger charge is 2.42. The van der Waals surface area contributed by atoms with Gasteiger partial charge in [0.2, 0.25) is 0 Å². The third-order valence-electron chi connectivity index (χ3n) is 3.45. The van der Waals surface area contributed by atoms with E-state index in [1.54, 1.807) is 0 Å². The summed E-state index contributed by atoms with van der Waals surface area (Å²) in [5.74, 6) is 0.221. The molecule has 0 saturated heterocycles. The first-order valence-corrected chi connectivity index (χ1v) is 5.98. The second-order valence-electron chi connectivity index (χ2n) is 5.05. The Kier molecular flexibility index (Phi) is 3.94. The minimum atomic E-state index is -0.396. The lowest BCUT2D eigenvalue weighted by molar-refractivity contribution is 0.419. The third kappa shape index (κ3) is 2.34. The fraction of sp³-hybridized carbons (Fsp3) is 0.375. The van der Waals surface area contributed by atoms with Crippen LogP contribution in [0.4, 0.5) is 0 Å². The highest BCUT2D eigenvalue weighted by molar-refractivity contribution is 5.58. The van der Waals surface area contributed by atoms with Crippen molar-refractivity contribution >= 4 is 0 Å². The Bertz CT molecular complexity index is 419. The van der Waals surface area contributed by atoms with E-state index in [0.29, 0.717) is 0 Å². The summed E-state index contributed by atoms with van der Waals surface area (Å²) in [5.41, 5.74) is 10.5. The van der Waals surface area contributed by atoms with Gasteiger partial charge in [-0.2, -0.15) is 0 Å². The summed E-state index contributed by atoms with van der Waals surface area (Å²) in [6.07, 6.45) is 6.83. The van der Waals surface area contributed by atoms with Gasteiger partial charge in [-0.15, -0.1) is 6.58 Å². The van der Waals surface area contributed by atoms with Crippen molar-refractivity contribution in [1.29, 1.82) is 0 Å². The first kappa shape index (κ1) is 13.7. The van der Waals surface area contributed by atoms with Crippen molar-refractivity contribution in [3.8, 4) is 0 Å². The topological polar surface area (TPSA) is 26.0 Å². The van der Waals surface area contributed by atoms with Crippen LogP contribution in [0.3, 0.4) is 0 Å². The van der Waals surface area contributed by atoms with Crippen molar-refractivity contribution < 1.29 is 0 Å². The zero-order chi connectivity index (χ0) is 13.2. The Balaban J connectivity index is 3.26. The molecule has 1 aliphatic carbocycles. The molecule has 2 N–H and O–H groups in total. The van der Waals surface area contributed by atoms with Gasteiger partial charge in [0.05, 0.1) is 0 Å². The van der Waals surface area contributed by atoms with Gasteiger partial charge >= 0.3 is 0 Å². The SMILES string of the molecule is C=CC1=C(/C=C\C)C(=C)C(CC(=C)C)C1(C)N. The van der Waals surface area contributed by atoms with Crippen molar-refractivity contribution in [3.05, 3.63) is 60.3 Å². The Hall–Kier alpha value is -1.34. The zero-order valence-electron chi connectivity index (χ0n) is 11.2. The van der Waals surface area contributed by atoms with Gasteiger partial charge in [-0.05, 0) is 43.9 Å². The van der Waals surface area contributed by atoms with Gasteiger partial charge in [0, 0.05) is 11.5 Å². The van der Waals surface area contributed by atoms with Crippen LogP contribution in [0, 0.1) is 5.92 Å². The maximum Gasteiger partial charge on any atom is 0.0459 e. The molecule has 1 nitrogen and oxygen atoms in total. The molecule has 0 fully saturated rings. The molecule has 2 unspecified atom stereocenters. The van der Waals surface area contributed by atoms with Crippen LogP contribution in [0.5, 0.6) is 0 Å². The summed E-state index contributed by atoms with van der Waals surface area (Å²) in [6, 6.07) is 0. The third-order valence-corrected chi connectivity index (χ3v) is 3.45. The minimum absolute atomic E-state index is 0.221. The number of nitrogens with two attached hydrogens (primary N) is 1. The van der Waals surface area contributed by atoms with Crippen molar-refractivity contribution in [1.82, 2.24) is 0 Å². The molecule has 17 heavy (non-hydrogen) atoms. The predicted molar refractivity (Wildman–Crippen MR) is 76.7 cm³/mol. The van der Waals surface area contributed by atoms with Crippen LogP contribution in [0.15, 0.2) is 60.3 Å². The fourth-order valence-electron chi connectivity index (χ4n) is 2.58. The lowest BCUT2D eigenvalue weighted by Crippen LogP contribution is -2.42. The first-order valence-electron chi connectivity index (χ1n) is 5.98. The van der Waals surface area contributed by atoms with Gasteiger partial charge in [-0.1, -0.05) is 37.0 Å². The van der Waals surface area contributed by atoms with Gasteiger partial charge in [0.1, 0.15) is 0 Å². The monoisotopic (exact) mass is 229 g/mol. The van der Waals surface area contributed by atoms with Crippen molar-refractivity contribution in [2.24, 2.45) is 11.7 Å². The van der Waals surface area contributed by atoms with Crippen molar-refractivity contribution in [3.63, 3.8) is 0 Å². The highest BCUT2D eigenvalue weighted by atomic mass is 14.8. The molecule has 1 rings (SSSR count). The molecule has 1 aliphatic rings. The summed E-state index contributed by atoms with van der Waals surface area (Å²) in [7, 11) is 0. The van der Waals surface area contributed by atoms with E-state index in [1.807, 2.05) is 26.0 Å². The van der Waals surface area contributed by atoms with Gasteiger partial charge in [0.25, 0.3) is 0 Å². The fourth-order valence-corrected chi connectivity index (χ4v) is 2.58. The number of rotatable bonds is 4. The smallest absolute Gasteiger partial charge is 0.0459 e. The summed E-state index contributed by atoms with van der Waals surface area (Å²) in [5, 5.41) is 0. The van der Waals surface area contributed by atoms with E-state index in [-0.39, 0.29) is 5.92 Å². The van der Waals surface area contributed by atoms with Crippen LogP contribution in [0.2, 0.25) is 0 Å². The molecular formula is C16H23N. The molecule has 0 radical (unpaired) electrons. The second kappa shape index (κ2) is 4.89. The van der Waals surface area contributed by atoms with Gasteiger partial charge in [0.15, 0.2) is 0 Å². The average molecular weight is 229 g/mol. The minimum Gasteiger partial charge on any atom is -0.321 e. The number of allylic oxidation sites excluding steroid dienone is 4. The van der Waals surface area contributed by atoms with E-state index >= 15 is 0 Å². The molecule has 0 saturated carbocycles. The van der Waals surface area contributed by atoms with E-state index in [4.69, 9.17) is 5.73 Å². The second-order valence-corrected chi connectivity index (χ2v) is 5.05. The molecule has 2 atom stereocenters. The molecule has 0 heterocycles. The predicted octanol–water partition coefficient (Wildman–Crippen LogP) is 3.91. The lowest BCUT2D eigenvalue weighted by atomic mass is 9.80. The highest BCUT2D eigenvalue weighted by Crippen LogP contribution is 2.45. The van der Waals surface area contributed by atoms with Crippen LogP contribution < -0.4 is 5.73 Å². The van der Waals surface area contributed by atoms with Crippen molar-refractivity contribution in [2.75, 3.05) is 0 Å². The van der Waals surface area contributed by atoms with Crippen LogP contribution in [-0.4, -0.2) is 5.54 Å². The van der Waals surface area contributed by atoms with E-state index in [9.17, 15) is 0 Å². The Morgan fingerprint density at radius 3 is 2.53 bits per heavy atom. The maximum atomic E-state index is 6.47.